The van der Waals surface area contributed by atoms with Crippen molar-refractivity contribution < 1.29 is 14.7 Å². The van der Waals surface area contributed by atoms with Crippen molar-refractivity contribution in [1.82, 2.24) is 5.32 Å². The number of hydrogen-bond acceptors (Lipinski definition) is 3. The van der Waals surface area contributed by atoms with Crippen LogP contribution in [0, 0.1) is 0 Å². The Morgan fingerprint density at radius 3 is 2.60 bits per heavy atom. The zero-order valence-electron chi connectivity index (χ0n) is 11.7. The molecule has 1 amide bonds. The van der Waals surface area contributed by atoms with Gasteiger partial charge in [-0.15, -0.1) is 0 Å². The minimum Gasteiger partial charge on any atom is -0.395 e. The van der Waals surface area contributed by atoms with Crippen LogP contribution in [0.15, 0.2) is 18.2 Å². The number of carbonyl (C=O) groups is 2. The molecule has 2 rings (SSSR count). The Bertz CT molecular complexity index is 496. The summed E-state index contributed by atoms with van der Waals surface area (Å²) in [6, 6.07) is 5.91. The van der Waals surface area contributed by atoms with Crippen LogP contribution in [0.3, 0.4) is 0 Å². The minimum atomic E-state index is -0.189. The maximum Gasteiger partial charge on any atom is 0.220 e. The quantitative estimate of drug-likeness (QED) is 0.776. The second-order valence-electron chi connectivity index (χ2n) is 5.19. The fourth-order valence-corrected chi connectivity index (χ4v) is 2.56. The molecule has 0 bridgehead atoms. The molecule has 2 N–H and O–H groups in total. The van der Waals surface area contributed by atoms with Crippen molar-refractivity contribution in [2.45, 2.75) is 38.5 Å². The Balaban J connectivity index is 1.91. The number of aliphatic hydroxyl groups is 1. The molecule has 0 saturated carbocycles. The number of ketones is 1. The lowest BCUT2D eigenvalue weighted by molar-refractivity contribution is -0.121. The third-order valence-electron chi connectivity index (χ3n) is 3.68. The summed E-state index contributed by atoms with van der Waals surface area (Å²) in [5.41, 5.74) is 3.35. The summed E-state index contributed by atoms with van der Waals surface area (Å²) in [6.45, 7) is 0.163. The van der Waals surface area contributed by atoms with Gasteiger partial charge >= 0.3 is 0 Å². The lowest BCUT2D eigenvalue weighted by atomic mass is 9.89. The standard InChI is InChI=1S/C16H21NO3/c18-10-9-17-16(20)8-7-15(19)14-6-5-12-3-1-2-4-13(12)11-14/h5-6,11,18H,1-4,7-10H2,(H,17,20). The highest BCUT2D eigenvalue weighted by Crippen LogP contribution is 2.22. The third-order valence-corrected chi connectivity index (χ3v) is 3.68. The Kier molecular flexibility index (Phi) is 5.30. The van der Waals surface area contributed by atoms with Crippen LogP contribution in [0.5, 0.6) is 0 Å². The summed E-state index contributed by atoms with van der Waals surface area (Å²) in [5, 5.41) is 11.1. The highest BCUT2D eigenvalue weighted by Gasteiger charge is 2.13. The largest absolute Gasteiger partial charge is 0.395 e. The predicted octanol–water partition coefficient (Wildman–Crippen LogP) is 1.64. The Morgan fingerprint density at radius 1 is 1.10 bits per heavy atom. The molecule has 0 spiro atoms. The van der Waals surface area contributed by atoms with E-state index in [2.05, 4.69) is 5.32 Å². The van der Waals surface area contributed by atoms with E-state index in [1.54, 1.807) is 0 Å². The number of amides is 1. The van der Waals surface area contributed by atoms with Crippen LogP contribution in [0.1, 0.15) is 47.2 Å². The molecule has 0 saturated heterocycles. The minimum absolute atomic E-state index is 0.0116. The van der Waals surface area contributed by atoms with Crippen LogP contribution in [-0.2, 0) is 17.6 Å². The molecular weight excluding hydrogens is 254 g/mol. The van der Waals surface area contributed by atoms with Crippen LogP contribution >= 0.6 is 0 Å². The molecule has 0 radical (unpaired) electrons. The summed E-state index contributed by atoms with van der Waals surface area (Å²) in [4.78, 5) is 23.5. The second-order valence-corrected chi connectivity index (χ2v) is 5.19. The first kappa shape index (κ1) is 14.7. The number of carbonyl (C=O) groups excluding carboxylic acids is 2. The van der Waals surface area contributed by atoms with E-state index < -0.39 is 0 Å². The Labute approximate surface area is 119 Å². The number of fused-ring (bicyclic) bond motifs is 1. The van der Waals surface area contributed by atoms with E-state index in [1.165, 1.54) is 24.0 Å². The molecule has 0 aromatic heterocycles. The smallest absolute Gasteiger partial charge is 0.220 e. The van der Waals surface area contributed by atoms with Crippen molar-refractivity contribution in [3.63, 3.8) is 0 Å². The van der Waals surface area contributed by atoms with Crippen molar-refractivity contribution in [1.29, 1.82) is 0 Å². The van der Waals surface area contributed by atoms with Crippen molar-refractivity contribution in [3.05, 3.63) is 34.9 Å². The number of hydrogen-bond donors (Lipinski definition) is 2. The lowest BCUT2D eigenvalue weighted by Crippen LogP contribution is -2.26. The fraction of sp³-hybridized carbons (Fsp3) is 0.500. The molecule has 0 atom stereocenters. The monoisotopic (exact) mass is 275 g/mol. The number of aliphatic hydroxyl groups excluding tert-OH is 1. The molecule has 0 unspecified atom stereocenters. The average Bonchev–Trinajstić information content (AvgIpc) is 2.50. The van der Waals surface area contributed by atoms with E-state index in [0.29, 0.717) is 5.56 Å². The van der Waals surface area contributed by atoms with E-state index in [0.717, 1.165) is 12.8 Å². The van der Waals surface area contributed by atoms with Crippen molar-refractivity contribution in [2.75, 3.05) is 13.2 Å². The van der Waals surface area contributed by atoms with Gasteiger partial charge in [-0.3, -0.25) is 9.59 Å². The number of nitrogens with one attached hydrogen (secondary N) is 1. The maximum absolute atomic E-state index is 12.1. The van der Waals surface area contributed by atoms with Gasteiger partial charge in [0.15, 0.2) is 5.78 Å². The number of Topliss-reactive ketones (excluding diaryl/α,β-unsaturated/α-hetero) is 1. The predicted molar refractivity (Wildman–Crippen MR) is 76.7 cm³/mol. The van der Waals surface area contributed by atoms with Crippen LogP contribution in [0.2, 0.25) is 0 Å². The molecule has 4 nitrogen and oxygen atoms in total. The maximum atomic E-state index is 12.1. The summed E-state index contributed by atoms with van der Waals surface area (Å²) in [6.07, 6.45) is 4.96. The number of benzene rings is 1. The van der Waals surface area contributed by atoms with E-state index in [9.17, 15) is 9.59 Å². The number of aryl methyl sites for hydroxylation is 2. The molecule has 1 aromatic carbocycles. The molecule has 4 heteroatoms. The van der Waals surface area contributed by atoms with Crippen molar-refractivity contribution in [3.8, 4) is 0 Å². The number of rotatable bonds is 6. The first-order valence-electron chi connectivity index (χ1n) is 7.23. The van der Waals surface area contributed by atoms with Crippen LogP contribution in [0.4, 0.5) is 0 Å². The fourth-order valence-electron chi connectivity index (χ4n) is 2.56. The summed E-state index contributed by atoms with van der Waals surface area (Å²) in [5.74, 6) is -0.178. The van der Waals surface area contributed by atoms with Gasteiger partial charge in [0.1, 0.15) is 0 Å². The van der Waals surface area contributed by atoms with Gasteiger partial charge < -0.3 is 10.4 Å². The topological polar surface area (TPSA) is 66.4 Å². The van der Waals surface area contributed by atoms with Crippen molar-refractivity contribution >= 4 is 11.7 Å². The van der Waals surface area contributed by atoms with Gasteiger partial charge in [-0.05, 0) is 42.9 Å². The SMILES string of the molecule is O=C(CCC(=O)c1ccc2c(c1)CCCC2)NCCO. The van der Waals surface area contributed by atoms with Gasteiger partial charge in [-0.2, -0.15) is 0 Å². The molecule has 1 aromatic rings. The highest BCUT2D eigenvalue weighted by atomic mass is 16.3. The Hall–Kier alpha value is -1.68. The molecule has 0 aliphatic heterocycles. The molecule has 0 fully saturated rings. The molecule has 20 heavy (non-hydrogen) atoms. The van der Waals surface area contributed by atoms with E-state index in [1.807, 2.05) is 18.2 Å². The molecule has 1 aliphatic rings. The molecule has 108 valence electrons. The van der Waals surface area contributed by atoms with E-state index in [4.69, 9.17) is 5.11 Å². The Morgan fingerprint density at radius 2 is 1.85 bits per heavy atom. The van der Waals surface area contributed by atoms with Crippen LogP contribution in [-0.4, -0.2) is 29.9 Å². The van der Waals surface area contributed by atoms with Gasteiger partial charge in [0.05, 0.1) is 6.61 Å². The average molecular weight is 275 g/mol. The van der Waals surface area contributed by atoms with Gasteiger partial charge in [-0.25, -0.2) is 0 Å². The van der Waals surface area contributed by atoms with Gasteiger partial charge in [0.25, 0.3) is 0 Å². The summed E-state index contributed by atoms with van der Waals surface area (Å²) >= 11 is 0. The van der Waals surface area contributed by atoms with E-state index in [-0.39, 0.29) is 37.7 Å². The summed E-state index contributed by atoms with van der Waals surface area (Å²) in [7, 11) is 0. The van der Waals surface area contributed by atoms with Crippen LogP contribution < -0.4 is 5.32 Å². The summed E-state index contributed by atoms with van der Waals surface area (Å²) < 4.78 is 0. The molecular formula is C16H21NO3. The lowest BCUT2D eigenvalue weighted by Gasteiger charge is -2.16. The van der Waals surface area contributed by atoms with E-state index >= 15 is 0 Å². The second kappa shape index (κ2) is 7.20. The first-order chi connectivity index (χ1) is 9.70. The normalized spacial score (nSPS) is 13.7. The van der Waals surface area contributed by atoms with Gasteiger partial charge in [0.2, 0.25) is 5.91 Å². The molecule has 0 heterocycles. The van der Waals surface area contributed by atoms with Crippen molar-refractivity contribution in [2.24, 2.45) is 0 Å². The zero-order chi connectivity index (χ0) is 14.4. The van der Waals surface area contributed by atoms with Crippen LogP contribution in [0.25, 0.3) is 0 Å². The first-order valence-corrected chi connectivity index (χ1v) is 7.23. The van der Waals surface area contributed by atoms with Gasteiger partial charge in [-0.1, -0.05) is 12.1 Å². The highest BCUT2D eigenvalue weighted by molar-refractivity contribution is 5.98. The zero-order valence-corrected chi connectivity index (χ0v) is 11.7. The third kappa shape index (κ3) is 3.90. The molecule has 1 aliphatic carbocycles. The van der Waals surface area contributed by atoms with Gasteiger partial charge in [0, 0.05) is 24.9 Å².